The first kappa shape index (κ1) is 16.6. The summed E-state index contributed by atoms with van der Waals surface area (Å²) in [5.41, 5.74) is 0. The molecule has 1 rings (SSSR count). The van der Waals surface area contributed by atoms with Gasteiger partial charge in [-0.25, -0.2) is 0 Å². The molecule has 0 spiro atoms. The second kappa shape index (κ2) is 8.00. The van der Waals surface area contributed by atoms with Crippen molar-refractivity contribution < 1.29 is 0 Å². The van der Waals surface area contributed by atoms with Gasteiger partial charge in [0.15, 0.2) is 5.96 Å². The van der Waals surface area contributed by atoms with Crippen LogP contribution in [0.5, 0.6) is 0 Å². The number of thioether (sulfide) groups is 1. The standard InChI is InChI=1S/C14H30N4S/c1-6-15-13(17-11-14(2,3)19-5)16-9-12-7-8-18(4)10-12/h12H,6-11H2,1-5H3,(H2,15,16,17). The highest BCUT2D eigenvalue weighted by molar-refractivity contribution is 7.99. The highest BCUT2D eigenvalue weighted by Gasteiger charge is 2.20. The fourth-order valence-corrected chi connectivity index (χ4v) is 2.30. The Labute approximate surface area is 122 Å². The number of guanidine groups is 1. The molecule has 1 unspecified atom stereocenters. The third kappa shape index (κ3) is 6.52. The molecule has 0 amide bonds. The zero-order valence-corrected chi connectivity index (χ0v) is 13.9. The molecule has 0 aromatic rings. The van der Waals surface area contributed by atoms with Crippen LogP contribution in [-0.2, 0) is 0 Å². The number of hydrogen-bond acceptors (Lipinski definition) is 3. The molecule has 0 aliphatic carbocycles. The van der Waals surface area contributed by atoms with E-state index in [-0.39, 0.29) is 4.75 Å². The minimum Gasteiger partial charge on any atom is -0.357 e. The summed E-state index contributed by atoms with van der Waals surface area (Å²) in [6, 6.07) is 0. The molecular weight excluding hydrogens is 256 g/mol. The molecule has 4 nitrogen and oxygen atoms in total. The summed E-state index contributed by atoms with van der Waals surface area (Å²) < 4.78 is 0.204. The van der Waals surface area contributed by atoms with Crippen LogP contribution in [0.3, 0.4) is 0 Å². The van der Waals surface area contributed by atoms with Crippen molar-refractivity contribution in [2.75, 3.05) is 46.0 Å². The predicted octanol–water partition coefficient (Wildman–Crippen LogP) is 1.63. The highest BCUT2D eigenvalue weighted by Crippen LogP contribution is 2.21. The van der Waals surface area contributed by atoms with Gasteiger partial charge in [0.25, 0.3) is 0 Å². The number of aliphatic imine (C=N–C) groups is 1. The molecule has 0 saturated carbocycles. The Morgan fingerprint density at radius 2 is 2.16 bits per heavy atom. The maximum atomic E-state index is 4.70. The number of likely N-dealkylation sites (tertiary alicyclic amines) is 1. The first-order valence-electron chi connectivity index (χ1n) is 7.22. The Hall–Kier alpha value is -0.420. The molecule has 0 bridgehead atoms. The molecule has 5 heteroatoms. The number of nitrogens with one attached hydrogen (secondary N) is 2. The van der Waals surface area contributed by atoms with Crippen LogP contribution in [-0.4, -0.2) is 61.6 Å². The van der Waals surface area contributed by atoms with Crippen molar-refractivity contribution in [1.82, 2.24) is 15.5 Å². The van der Waals surface area contributed by atoms with Crippen LogP contribution >= 0.6 is 11.8 Å². The summed E-state index contributed by atoms with van der Waals surface area (Å²) in [5, 5.41) is 6.81. The minimum atomic E-state index is 0.204. The van der Waals surface area contributed by atoms with Crippen LogP contribution < -0.4 is 10.6 Å². The van der Waals surface area contributed by atoms with E-state index in [1.165, 1.54) is 19.5 Å². The zero-order valence-electron chi connectivity index (χ0n) is 13.1. The van der Waals surface area contributed by atoms with Crippen LogP contribution in [0.4, 0.5) is 0 Å². The smallest absolute Gasteiger partial charge is 0.191 e. The average Bonchev–Trinajstić information content (AvgIpc) is 2.79. The molecule has 19 heavy (non-hydrogen) atoms. The lowest BCUT2D eigenvalue weighted by Gasteiger charge is -2.21. The Morgan fingerprint density at radius 1 is 1.42 bits per heavy atom. The van der Waals surface area contributed by atoms with Crippen LogP contribution in [0.15, 0.2) is 4.99 Å². The summed E-state index contributed by atoms with van der Waals surface area (Å²) in [6.45, 7) is 11.8. The van der Waals surface area contributed by atoms with Gasteiger partial charge in [0, 0.05) is 24.4 Å². The summed E-state index contributed by atoms with van der Waals surface area (Å²) in [7, 11) is 2.19. The fraction of sp³-hybridized carbons (Fsp3) is 0.929. The number of rotatable bonds is 6. The maximum absolute atomic E-state index is 4.70. The summed E-state index contributed by atoms with van der Waals surface area (Å²) in [4.78, 5) is 7.09. The van der Waals surface area contributed by atoms with Crippen molar-refractivity contribution in [3.63, 3.8) is 0 Å². The third-order valence-electron chi connectivity index (χ3n) is 3.56. The first-order valence-corrected chi connectivity index (χ1v) is 8.45. The molecule has 0 radical (unpaired) electrons. The van der Waals surface area contributed by atoms with Gasteiger partial charge >= 0.3 is 0 Å². The summed E-state index contributed by atoms with van der Waals surface area (Å²) in [5.74, 6) is 1.71. The quantitative estimate of drug-likeness (QED) is 0.575. The molecule has 1 atom stereocenters. The van der Waals surface area contributed by atoms with Gasteiger partial charge in [0.1, 0.15) is 0 Å². The second-order valence-electron chi connectivity index (χ2n) is 5.96. The first-order chi connectivity index (χ1) is 8.96. The molecule has 0 aromatic carbocycles. The molecule has 1 heterocycles. The SMILES string of the molecule is CCNC(=NCC(C)(C)SC)NCC1CCN(C)C1. The molecule has 112 valence electrons. The van der Waals surface area contributed by atoms with Crippen molar-refractivity contribution in [1.29, 1.82) is 0 Å². The van der Waals surface area contributed by atoms with Crippen molar-refractivity contribution >= 4 is 17.7 Å². The summed E-state index contributed by atoms with van der Waals surface area (Å²) >= 11 is 1.86. The molecular formula is C14H30N4S. The predicted molar refractivity (Wildman–Crippen MR) is 87.2 cm³/mol. The Kier molecular flexibility index (Phi) is 7.00. The van der Waals surface area contributed by atoms with Crippen molar-refractivity contribution in [2.24, 2.45) is 10.9 Å². The number of nitrogens with zero attached hydrogens (tertiary/aromatic N) is 2. The zero-order chi connectivity index (χ0) is 14.3. The van der Waals surface area contributed by atoms with Gasteiger partial charge in [-0.1, -0.05) is 0 Å². The van der Waals surface area contributed by atoms with Gasteiger partial charge in [-0.3, -0.25) is 4.99 Å². The van der Waals surface area contributed by atoms with E-state index >= 15 is 0 Å². The lowest BCUT2D eigenvalue weighted by atomic mass is 10.1. The van der Waals surface area contributed by atoms with Crippen LogP contribution in [0, 0.1) is 5.92 Å². The lowest BCUT2D eigenvalue weighted by Crippen LogP contribution is -2.41. The van der Waals surface area contributed by atoms with Gasteiger partial charge in [-0.2, -0.15) is 11.8 Å². The van der Waals surface area contributed by atoms with Crippen LogP contribution in [0.25, 0.3) is 0 Å². The Morgan fingerprint density at radius 3 is 2.68 bits per heavy atom. The van der Waals surface area contributed by atoms with Gasteiger partial charge in [-0.05, 0) is 53.0 Å². The van der Waals surface area contributed by atoms with E-state index in [1.54, 1.807) is 0 Å². The van der Waals surface area contributed by atoms with Gasteiger partial charge in [0.05, 0.1) is 6.54 Å². The average molecular weight is 286 g/mol. The largest absolute Gasteiger partial charge is 0.357 e. The monoisotopic (exact) mass is 286 g/mol. The molecule has 1 saturated heterocycles. The van der Waals surface area contributed by atoms with Crippen molar-refractivity contribution in [3.8, 4) is 0 Å². The molecule has 2 N–H and O–H groups in total. The van der Waals surface area contributed by atoms with E-state index in [0.717, 1.165) is 31.5 Å². The van der Waals surface area contributed by atoms with E-state index in [0.29, 0.717) is 0 Å². The second-order valence-corrected chi connectivity index (χ2v) is 7.47. The van der Waals surface area contributed by atoms with Gasteiger partial charge < -0.3 is 15.5 Å². The highest BCUT2D eigenvalue weighted by atomic mass is 32.2. The van der Waals surface area contributed by atoms with Crippen LogP contribution in [0.1, 0.15) is 27.2 Å². The third-order valence-corrected chi connectivity index (χ3v) is 4.80. The van der Waals surface area contributed by atoms with Gasteiger partial charge in [-0.15, -0.1) is 0 Å². The lowest BCUT2D eigenvalue weighted by molar-refractivity contribution is 0.394. The van der Waals surface area contributed by atoms with E-state index in [1.807, 2.05) is 11.8 Å². The van der Waals surface area contributed by atoms with E-state index in [4.69, 9.17) is 4.99 Å². The van der Waals surface area contributed by atoms with Crippen LogP contribution in [0.2, 0.25) is 0 Å². The fourth-order valence-electron chi connectivity index (χ4n) is 2.11. The normalized spacial score (nSPS) is 21.7. The van der Waals surface area contributed by atoms with E-state index in [2.05, 4.69) is 49.6 Å². The molecule has 1 fully saturated rings. The number of hydrogen-bond donors (Lipinski definition) is 2. The molecule has 1 aliphatic rings. The van der Waals surface area contributed by atoms with Crippen molar-refractivity contribution in [3.05, 3.63) is 0 Å². The maximum Gasteiger partial charge on any atom is 0.191 e. The van der Waals surface area contributed by atoms with Crippen molar-refractivity contribution in [2.45, 2.75) is 31.9 Å². The minimum absolute atomic E-state index is 0.204. The van der Waals surface area contributed by atoms with E-state index < -0.39 is 0 Å². The summed E-state index contributed by atoms with van der Waals surface area (Å²) in [6.07, 6.45) is 3.43. The molecule has 0 aromatic heterocycles. The topological polar surface area (TPSA) is 39.7 Å². The Balaban J connectivity index is 2.41. The Bertz CT molecular complexity index is 291. The van der Waals surface area contributed by atoms with E-state index in [9.17, 15) is 0 Å². The molecule has 1 aliphatic heterocycles. The van der Waals surface area contributed by atoms with Gasteiger partial charge in [0.2, 0.25) is 0 Å².